The number of benzene rings is 1. The largest absolute Gasteiger partial charge is 0.509 e. The summed E-state index contributed by atoms with van der Waals surface area (Å²) in [6.45, 7) is 0. The lowest BCUT2D eigenvalue weighted by Crippen LogP contribution is -2.58. The van der Waals surface area contributed by atoms with Gasteiger partial charge in [0.2, 0.25) is 0 Å². The van der Waals surface area contributed by atoms with Gasteiger partial charge < -0.3 is 29.9 Å². The molecule has 1 saturated heterocycles. The standard InChI is InChI=1S/C14H18O6/c1-19-14-12(18)10(16)11(17)13(20-14)9(15)7-8-5-3-2-4-6-8/h2-7,10-18H,1H3/t10-,11-,12+,13+,14-/m0/s1. The molecule has 5 atom stereocenters. The van der Waals surface area contributed by atoms with E-state index in [4.69, 9.17) is 9.47 Å². The lowest BCUT2D eigenvalue weighted by molar-refractivity contribution is -0.286. The molecule has 1 aliphatic rings. The van der Waals surface area contributed by atoms with Crippen LogP contribution < -0.4 is 0 Å². The number of ether oxygens (including phenoxy) is 2. The summed E-state index contributed by atoms with van der Waals surface area (Å²) in [6, 6.07) is 8.97. The minimum absolute atomic E-state index is 0.253. The van der Waals surface area contributed by atoms with Gasteiger partial charge in [0.15, 0.2) is 6.29 Å². The molecule has 6 heteroatoms. The van der Waals surface area contributed by atoms with Crippen LogP contribution in [0.5, 0.6) is 0 Å². The smallest absolute Gasteiger partial charge is 0.186 e. The van der Waals surface area contributed by atoms with Crippen LogP contribution in [0.4, 0.5) is 0 Å². The first kappa shape index (κ1) is 15.0. The summed E-state index contributed by atoms with van der Waals surface area (Å²) < 4.78 is 10.1. The molecule has 0 spiro atoms. The molecule has 0 unspecified atom stereocenters. The van der Waals surface area contributed by atoms with E-state index < -0.39 is 30.7 Å². The van der Waals surface area contributed by atoms with E-state index in [0.717, 1.165) is 5.56 Å². The molecule has 0 radical (unpaired) electrons. The first-order valence-corrected chi connectivity index (χ1v) is 6.22. The molecule has 1 aromatic rings. The number of hydrogen-bond donors (Lipinski definition) is 4. The monoisotopic (exact) mass is 282 g/mol. The molecule has 0 aliphatic carbocycles. The maximum atomic E-state index is 10.0. The molecule has 1 heterocycles. The summed E-state index contributed by atoms with van der Waals surface area (Å²) in [6.07, 6.45) is -5.16. The van der Waals surface area contributed by atoms with Gasteiger partial charge in [0, 0.05) is 7.11 Å². The van der Waals surface area contributed by atoms with Crippen LogP contribution in [0, 0.1) is 0 Å². The fourth-order valence-electron chi connectivity index (χ4n) is 2.09. The van der Waals surface area contributed by atoms with E-state index in [1.807, 2.05) is 6.07 Å². The van der Waals surface area contributed by atoms with Crippen molar-refractivity contribution in [2.24, 2.45) is 0 Å². The van der Waals surface area contributed by atoms with Gasteiger partial charge in [-0.25, -0.2) is 0 Å². The molecule has 1 fully saturated rings. The van der Waals surface area contributed by atoms with Gasteiger partial charge in [-0.3, -0.25) is 0 Å². The Bertz CT molecular complexity index is 458. The van der Waals surface area contributed by atoms with Crippen LogP contribution in [0.1, 0.15) is 5.56 Å². The van der Waals surface area contributed by atoms with Crippen LogP contribution in [0.15, 0.2) is 36.1 Å². The van der Waals surface area contributed by atoms with Crippen LogP contribution in [-0.2, 0) is 9.47 Å². The fraction of sp³-hybridized carbons (Fsp3) is 0.429. The van der Waals surface area contributed by atoms with Crippen molar-refractivity contribution in [1.29, 1.82) is 0 Å². The number of hydrogen-bond acceptors (Lipinski definition) is 6. The summed E-state index contributed by atoms with van der Waals surface area (Å²) in [7, 11) is 1.30. The molecule has 1 aliphatic heterocycles. The Kier molecular flexibility index (Phi) is 4.74. The third kappa shape index (κ3) is 3.00. The SMILES string of the molecule is CO[C@H]1O[C@H](C(O)=Cc2ccccc2)[C@@H](O)[C@H](O)[C@H]1O. The van der Waals surface area contributed by atoms with E-state index in [2.05, 4.69) is 0 Å². The third-order valence-corrected chi connectivity index (χ3v) is 3.21. The van der Waals surface area contributed by atoms with E-state index in [0.29, 0.717) is 0 Å². The third-order valence-electron chi connectivity index (χ3n) is 3.21. The first-order valence-electron chi connectivity index (χ1n) is 6.22. The van der Waals surface area contributed by atoms with Gasteiger partial charge in [-0.1, -0.05) is 30.3 Å². The lowest BCUT2D eigenvalue weighted by Gasteiger charge is -2.39. The van der Waals surface area contributed by atoms with Crippen molar-refractivity contribution in [3.63, 3.8) is 0 Å². The molecule has 110 valence electrons. The van der Waals surface area contributed by atoms with Crippen molar-refractivity contribution >= 4 is 6.08 Å². The van der Waals surface area contributed by atoms with Crippen LogP contribution in [-0.4, -0.2) is 58.2 Å². The molecule has 1 aromatic carbocycles. The van der Waals surface area contributed by atoms with Crippen molar-refractivity contribution in [1.82, 2.24) is 0 Å². The van der Waals surface area contributed by atoms with Gasteiger partial charge in [0.1, 0.15) is 30.2 Å². The van der Waals surface area contributed by atoms with E-state index >= 15 is 0 Å². The Hall–Kier alpha value is -1.44. The van der Waals surface area contributed by atoms with Crippen LogP contribution in [0.2, 0.25) is 0 Å². The van der Waals surface area contributed by atoms with Gasteiger partial charge in [0.05, 0.1) is 0 Å². The van der Waals surface area contributed by atoms with Crippen LogP contribution in [0.3, 0.4) is 0 Å². The van der Waals surface area contributed by atoms with Crippen LogP contribution in [0.25, 0.3) is 6.08 Å². The molecule has 20 heavy (non-hydrogen) atoms. The zero-order valence-corrected chi connectivity index (χ0v) is 11.0. The van der Waals surface area contributed by atoms with E-state index in [1.165, 1.54) is 13.2 Å². The molecule has 2 rings (SSSR count). The molecule has 0 bridgehead atoms. The maximum Gasteiger partial charge on any atom is 0.186 e. The number of aliphatic hydroxyl groups is 4. The average Bonchev–Trinajstić information content (AvgIpc) is 2.46. The predicted molar refractivity (Wildman–Crippen MR) is 70.7 cm³/mol. The average molecular weight is 282 g/mol. The number of aliphatic hydroxyl groups excluding tert-OH is 4. The molecule has 0 saturated carbocycles. The quantitative estimate of drug-likeness (QED) is 0.584. The second kappa shape index (κ2) is 6.34. The van der Waals surface area contributed by atoms with Crippen LogP contribution >= 0.6 is 0 Å². The highest BCUT2D eigenvalue weighted by Gasteiger charge is 2.45. The Labute approximate surface area is 116 Å². The zero-order chi connectivity index (χ0) is 14.7. The Morgan fingerprint density at radius 3 is 2.35 bits per heavy atom. The summed E-state index contributed by atoms with van der Waals surface area (Å²) in [5.74, 6) is -0.253. The van der Waals surface area contributed by atoms with Crippen molar-refractivity contribution in [2.45, 2.75) is 30.7 Å². The Balaban J connectivity index is 2.20. The zero-order valence-electron chi connectivity index (χ0n) is 11.0. The van der Waals surface area contributed by atoms with Crippen molar-refractivity contribution < 1.29 is 29.9 Å². The summed E-state index contributed by atoms with van der Waals surface area (Å²) in [5.41, 5.74) is 0.718. The highest BCUT2D eigenvalue weighted by atomic mass is 16.7. The maximum absolute atomic E-state index is 10.0. The van der Waals surface area contributed by atoms with Crippen molar-refractivity contribution in [2.75, 3.05) is 7.11 Å². The van der Waals surface area contributed by atoms with Gasteiger partial charge >= 0.3 is 0 Å². The van der Waals surface area contributed by atoms with Gasteiger partial charge in [-0.15, -0.1) is 0 Å². The minimum Gasteiger partial charge on any atom is -0.509 e. The molecule has 4 N–H and O–H groups in total. The molecular weight excluding hydrogens is 264 g/mol. The normalized spacial score (nSPS) is 35.0. The fourth-order valence-corrected chi connectivity index (χ4v) is 2.09. The van der Waals surface area contributed by atoms with Gasteiger partial charge in [-0.2, -0.15) is 0 Å². The first-order chi connectivity index (χ1) is 9.54. The Morgan fingerprint density at radius 1 is 1.10 bits per heavy atom. The number of methoxy groups -OCH3 is 1. The van der Waals surface area contributed by atoms with E-state index in [1.54, 1.807) is 24.3 Å². The highest BCUT2D eigenvalue weighted by molar-refractivity contribution is 5.51. The minimum atomic E-state index is -1.47. The second-order valence-corrected chi connectivity index (χ2v) is 4.61. The van der Waals surface area contributed by atoms with Gasteiger partial charge in [-0.05, 0) is 11.6 Å². The summed E-state index contributed by atoms with van der Waals surface area (Å²) in [5, 5.41) is 39.3. The van der Waals surface area contributed by atoms with Crippen molar-refractivity contribution in [3.8, 4) is 0 Å². The topological polar surface area (TPSA) is 99.4 Å². The van der Waals surface area contributed by atoms with Crippen molar-refractivity contribution in [3.05, 3.63) is 41.7 Å². The molecular formula is C14H18O6. The summed E-state index contributed by atoms with van der Waals surface area (Å²) in [4.78, 5) is 0. The van der Waals surface area contributed by atoms with E-state index in [9.17, 15) is 20.4 Å². The lowest BCUT2D eigenvalue weighted by atomic mass is 9.97. The highest BCUT2D eigenvalue weighted by Crippen LogP contribution is 2.26. The predicted octanol–water partition coefficient (Wildman–Crippen LogP) is 0.0395. The molecule has 6 nitrogen and oxygen atoms in total. The summed E-state index contributed by atoms with van der Waals surface area (Å²) >= 11 is 0. The molecule has 0 amide bonds. The number of rotatable bonds is 3. The molecule has 0 aromatic heterocycles. The van der Waals surface area contributed by atoms with Gasteiger partial charge in [0.25, 0.3) is 0 Å². The second-order valence-electron chi connectivity index (χ2n) is 4.61. The van der Waals surface area contributed by atoms with E-state index in [-0.39, 0.29) is 5.76 Å². The Morgan fingerprint density at radius 2 is 1.75 bits per heavy atom.